The maximum absolute atomic E-state index is 12.6. The van der Waals surface area contributed by atoms with Gasteiger partial charge in [0.25, 0.3) is 0 Å². The summed E-state index contributed by atoms with van der Waals surface area (Å²) >= 11 is 1.66. The van der Waals surface area contributed by atoms with Crippen LogP contribution in [0.15, 0.2) is 57.9 Å². The number of para-hydroxylation sites is 1. The van der Waals surface area contributed by atoms with Crippen LogP contribution in [0.3, 0.4) is 0 Å². The van der Waals surface area contributed by atoms with Crippen molar-refractivity contribution in [1.29, 1.82) is 0 Å². The molecule has 0 aliphatic carbocycles. The van der Waals surface area contributed by atoms with Gasteiger partial charge in [-0.2, -0.15) is 4.72 Å². The van der Waals surface area contributed by atoms with Gasteiger partial charge in [-0.3, -0.25) is 4.79 Å². The molecule has 8 nitrogen and oxygen atoms in total. The molecule has 4 aromatic rings. The van der Waals surface area contributed by atoms with Crippen molar-refractivity contribution in [2.45, 2.75) is 38.1 Å². The zero-order chi connectivity index (χ0) is 22.9. The van der Waals surface area contributed by atoms with Crippen LogP contribution in [0.25, 0.3) is 10.2 Å². The lowest BCUT2D eigenvalue weighted by molar-refractivity contribution is -0.117. The van der Waals surface area contributed by atoms with Gasteiger partial charge in [0.05, 0.1) is 21.3 Å². The SMILES string of the molecule is Cc1noc(C)c1S(=O)(=O)N[C@@H](C)C(=O)Nc1ccc(Cc2nc3ccccc3s2)cc1. The number of nitrogens with zero attached hydrogens (tertiary/aromatic N) is 2. The highest BCUT2D eigenvalue weighted by Crippen LogP contribution is 2.24. The van der Waals surface area contributed by atoms with Gasteiger partial charge in [0.1, 0.15) is 10.6 Å². The topological polar surface area (TPSA) is 114 Å². The van der Waals surface area contributed by atoms with Gasteiger partial charge in [0.2, 0.25) is 15.9 Å². The van der Waals surface area contributed by atoms with Gasteiger partial charge in [0.15, 0.2) is 5.76 Å². The van der Waals surface area contributed by atoms with Crippen LogP contribution in [-0.4, -0.2) is 30.5 Å². The number of anilines is 1. The zero-order valence-electron chi connectivity index (χ0n) is 17.7. The van der Waals surface area contributed by atoms with Gasteiger partial charge in [-0.1, -0.05) is 29.4 Å². The Morgan fingerprint density at radius 1 is 1.12 bits per heavy atom. The fourth-order valence-corrected chi connectivity index (χ4v) is 5.86. The Morgan fingerprint density at radius 3 is 2.50 bits per heavy atom. The third-order valence-electron chi connectivity index (χ3n) is 4.88. The number of sulfonamides is 1. The average Bonchev–Trinajstić information content (AvgIpc) is 3.31. The second-order valence-corrected chi connectivity index (χ2v) is 10.2. The van der Waals surface area contributed by atoms with Crippen molar-refractivity contribution in [2.24, 2.45) is 0 Å². The Kier molecular flexibility index (Phi) is 6.09. The molecule has 0 saturated heterocycles. The number of carbonyl (C=O) groups excluding carboxylic acids is 1. The summed E-state index contributed by atoms with van der Waals surface area (Å²) in [5, 5.41) is 7.41. The van der Waals surface area contributed by atoms with Crippen LogP contribution < -0.4 is 10.0 Å². The zero-order valence-corrected chi connectivity index (χ0v) is 19.4. The number of nitrogens with one attached hydrogen (secondary N) is 2. The van der Waals surface area contributed by atoms with Crippen LogP contribution in [0.1, 0.15) is 28.9 Å². The second kappa shape index (κ2) is 8.81. The van der Waals surface area contributed by atoms with E-state index < -0.39 is 22.0 Å². The molecule has 2 N–H and O–H groups in total. The first-order valence-electron chi connectivity index (χ1n) is 9.92. The van der Waals surface area contributed by atoms with Crippen molar-refractivity contribution in [3.8, 4) is 0 Å². The van der Waals surface area contributed by atoms with Crippen LogP contribution in [0.2, 0.25) is 0 Å². The number of fused-ring (bicyclic) bond motifs is 1. The first-order chi connectivity index (χ1) is 15.2. The number of amides is 1. The lowest BCUT2D eigenvalue weighted by Crippen LogP contribution is -2.41. The minimum atomic E-state index is -3.94. The lowest BCUT2D eigenvalue weighted by atomic mass is 10.1. The predicted molar refractivity (Wildman–Crippen MR) is 123 cm³/mol. The number of aromatic nitrogens is 2. The standard InChI is InChI=1S/C22H22N4O4S2/c1-13-21(15(3)30-25-13)32(28,29)26-14(2)22(27)23-17-10-8-16(9-11-17)12-20-24-18-6-4-5-7-19(18)31-20/h4-11,14,26H,12H2,1-3H3,(H,23,27)/t14-/m0/s1. The van der Waals surface area contributed by atoms with E-state index in [0.29, 0.717) is 12.1 Å². The second-order valence-electron chi connectivity index (χ2n) is 7.43. The molecular weight excluding hydrogens is 448 g/mol. The number of aryl methyl sites for hydroxylation is 2. The molecule has 0 saturated carbocycles. The Labute approximate surface area is 189 Å². The Balaban J connectivity index is 1.39. The maximum atomic E-state index is 12.6. The van der Waals surface area contributed by atoms with E-state index in [4.69, 9.17) is 4.52 Å². The molecule has 4 rings (SSSR count). The van der Waals surface area contributed by atoms with E-state index >= 15 is 0 Å². The van der Waals surface area contributed by atoms with Crippen molar-refractivity contribution >= 4 is 43.2 Å². The molecule has 0 aliphatic heterocycles. The lowest BCUT2D eigenvalue weighted by Gasteiger charge is -2.14. The van der Waals surface area contributed by atoms with Gasteiger partial charge in [0, 0.05) is 12.1 Å². The summed E-state index contributed by atoms with van der Waals surface area (Å²) in [5.41, 5.74) is 2.87. The molecule has 10 heteroatoms. The molecule has 1 amide bonds. The molecule has 0 radical (unpaired) electrons. The molecule has 166 valence electrons. The molecule has 1 atom stereocenters. The largest absolute Gasteiger partial charge is 0.360 e. The first-order valence-corrected chi connectivity index (χ1v) is 12.2. The van der Waals surface area contributed by atoms with Crippen molar-refractivity contribution in [2.75, 3.05) is 5.32 Å². The average molecular weight is 471 g/mol. The number of benzene rings is 2. The number of hydrogen-bond acceptors (Lipinski definition) is 7. The number of carbonyl (C=O) groups is 1. The van der Waals surface area contributed by atoms with E-state index in [0.717, 1.165) is 20.8 Å². The summed E-state index contributed by atoms with van der Waals surface area (Å²) < 4.78 is 33.6. The number of thiazole rings is 1. The molecule has 2 heterocycles. The number of rotatable bonds is 7. The summed E-state index contributed by atoms with van der Waals surface area (Å²) in [6.07, 6.45) is 0.696. The Hall–Kier alpha value is -3.08. The van der Waals surface area contributed by atoms with Crippen LogP contribution in [0.4, 0.5) is 5.69 Å². The van der Waals surface area contributed by atoms with E-state index in [1.54, 1.807) is 23.5 Å². The number of hydrogen-bond donors (Lipinski definition) is 2. The minimum absolute atomic E-state index is 0.0450. The molecule has 0 fully saturated rings. The van der Waals surface area contributed by atoms with E-state index in [9.17, 15) is 13.2 Å². The molecule has 0 unspecified atom stereocenters. The summed E-state index contributed by atoms with van der Waals surface area (Å²) in [7, 11) is -3.94. The quantitative estimate of drug-likeness (QED) is 0.425. The smallest absolute Gasteiger partial charge is 0.246 e. The Bertz CT molecular complexity index is 1320. The highest BCUT2D eigenvalue weighted by molar-refractivity contribution is 7.89. The van der Waals surface area contributed by atoms with Crippen LogP contribution in [0.5, 0.6) is 0 Å². The Morgan fingerprint density at radius 2 is 1.84 bits per heavy atom. The molecule has 2 aromatic carbocycles. The van der Waals surface area contributed by atoms with Crippen LogP contribution >= 0.6 is 11.3 Å². The van der Waals surface area contributed by atoms with Gasteiger partial charge in [-0.05, 0) is 50.6 Å². The summed E-state index contributed by atoms with van der Waals surface area (Å²) in [6, 6.07) is 14.4. The van der Waals surface area contributed by atoms with Gasteiger partial charge in [-0.15, -0.1) is 11.3 Å². The van der Waals surface area contributed by atoms with Crippen LogP contribution in [0, 0.1) is 13.8 Å². The predicted octanol–water partition coefficient (Wildman–Crippen LogP) is 3.80. The van der Waals surface area contributed by atoms with E-state index in [1.807, 2.05) is 30.3 Å². The first kappa shape index (κ1) is 22.1. The van der Waals surface area contributed by atoms with Crippen molar-refractivity contribution < 1.29 is 17.7 Å². The molecular formula is C22H22N4O4S2. The fourth-order valence-electron chi connectivity index (χ4n) is 3.33. The molecule has 2 aromatic heterocycles. The normalized spacial score (nSPS) is 12.7. The van der Waals surface area contributed by atoms with Gasteiger partial charge < -0.3 is 9.84 Å². The maximum Gasteiger partial charge on any atom is 0.246 e. The van der Waals surface area contributed by atoms with Gasteiger partial charge in [-0.25, -0.2) is 13.4 Å². The van der Waals surface area contributed by atoms with Crippen molar-refractivity contribution in [1.82, 2.24) is 14.9 Å². The molecule has 0 bridgehead atoms. The highest BCUT2D eigenvalue weighted by Gasteiger charge is 2.28. The van der Waals surface area contributed by atoms with E-state index in [-0.39, 0.29) is 16.3 Å². The van der Waals surface area contributed by atoms with Crippen molar-refractivity contribution in [3.63, 3.8) is 0 Å². The highest BCUT2D eigenvalue weighted by atomic mass is 32.2. The van der Waals surface area contributed by atoms with E-state index in [1.165, 1.54) is 20.8 Å². The minimum Gasteiger partial charge on any atom is -0.360 e. The summed E-state index contributed by atoms with van der Waals surface area (Å²) in [6.45, 7) is 4.52. The van der Waals surface area contributed by atoms with Crippen molar-refractivity contribution in [3.05, 3.63) is 70.6 Å². The van der Waals surface area contributed by atoms with Crippen LogP contribution in [-0.2, 0) is 21.2 Å². The molecule has 0 aliphatic rings. The van der Waals surface area contributed by atoms with Gasteiger partial charge >= 0.3 is 0 Å². The summed E-state index contributed by atoms with van der Waals surface area (Å²) in [4.78, 5) is 17.1. The molecule has 0 spiro atoms. The third-order valence-corrected chi connectivity index (χ3v) is 7.70. The molecule has 32 heavy (non-hydrogen) atoms. The fraction of sp³-hybridized carbons (Fsp3) is 0.227. The third kappa shape index (κ3) is 4.72. The van der Waals surface area contributed by atoms with E-state index in [2.05, 4.69) is 26.2 Å². The monoisotopic (exact) mass is 470 g/mol. The summed E-state index contributed by atoms with van der Waals surface area (Å²) in [5.74, 6) is -0.300.